The van der Waals surface area contributed by atoms with Gasteiger partial charge in [-0.3, -0.25) is 9.59 Å². The number of carbonyl (C=O) groups is 2. The van der Waals surface area contributed by atoms with Crippen molar-refractivity contribution in [2.24, 2.45) is 11.3 Å². The Hall–Kier alpha value is -1.88. The predicted molar refractivity (Wildman–Crippen MR) is 100 cm³/mol. The van der Waals surface area contributed by atoms with E-state index in [-0.39, 0.29) is 29.2 Å². The smallest absolute Gasteiger partial charge is 0.227 e. The van der Waals surface area contributed by atoms with Crippen molar-refractivity contribution in [1.29, 1.82) is 0 Å². The number of anilines is 1. The first-order chi connectivity index (χ1) is 12.5. The molecule has 2 saturated heterocycles. The Balaban J connectivity index is 1.40. The summed E-state index contributed by atoms with van der Waals surface area (Å²) in [6, 6.07) is 6.30. The van der Waals surface area contributed by atoms with E-state index in [0.29, 0.717) is 13.0 Å². The molecule has 2 unspecified atom stereocenters. The van der Waals surface area contributed by atoms with Gasteiger partial charge in [0.25, 0.3) is 0 Å². The summed E-state index contributed by atoms with van der Waals surface area (Å²) >= 11 is 0. The maximum atomic E-state index is 12.8. The van der Waals surface area contributed by atoms with Crippen LogP contribution in [0.25, 0.3) is 0 Å². The summed E-state index contributed by atoms with van der Waals surface area (Å²) in [5.74, 6) is -0.162. The van der Waals surface area contributed by atoms with E-state index in [4.69, 9.17) is 4.74 Å². The lowest BCUT2D eigenvalue weighted by Crippen LogP contribution is -2.58. The number of benzene rings is 1. The lowest BCUT2D eigenvalue weighted by Gasteiger charge is -2.52. The van der Waals surface area contributed by atoms with E-state index in [0.717, 1.165) is 38.2 Å². The first-order valence-corrected chi connectivity index (χ1v) is 9.74. The number of nitrogens with zero attached hydrogens (tertiary/aromatic N) is 1. The lowest BCUT2D eigenvalue weighted by molar-refractivity contribution is -0.131. The molecule has 0 aromatic heterocycles. The van der Waals surface area contributed by atoms with Crippen molar-refractivity contribution in [2.75, 3.05) is 24.7 Å². The summed E-state index contributed by atoms with van der Waals surface area (Å²) in [4.78, 5) is 27.0. The molecule has 1 saturated carbocycles. The van der Waals surface area contributed by atoms with E-state index in [9.17, 15) is 9.59 Å². The van der Waals surface area contributed by atoms with Crippen LogP contribution in [0.5, 0.6) is 0 Å². The molecule has 5 nitrogen and oxygen atoms in total. The zero-order valence-corrected chi connectivity index (χ0v) is 15.7. The highest BCUT2D eigenvalue weighted by atomic mass is 16.5. The van der Waals surface area contributed by atoms with Gasteiger partial charge in [-0.05, 0) is 68.2 Å². The fourth-order valence-electron chi connectivity index (χ4n) is 4.61. The summed E-state index contributed by atoms with van der Waals surface area (Å²) in [5.41, 5.74) is 3.52. The van der Waals surface area contributed by atoms with Crippen LogP contribution in [0.1, 0.15) is 43.2 Å². The number of hydrogen-bond acceptors (Lipinski definition) is 3. The number of carbonyl (C=O) groups excluding carboxylic acids is 2. The molecule has 26 heavy (non-hydrogen) atoms. The minimum atomic E-state index is -0.249. The molecule has 5 heteroatoms. The molecule has 1 aromatic rings. The number of amides is 2. The third-order valence-electron chi connectivity index (χ3n) is 6.77. The van der Waals surface area contributed by atoms with Crippen molar-refractivity contribution in [3.63, 3.8) is 0 Å². The van der Waals surface area contributed by atoms with Gasteiger partial charge in [0.1, 0.15) is 0 Å². The van der Waals surface area contributed by atoms with Crippen molar-refractivity contribution < 1.29 is 14.3 Å². The SMILES string of the molecule is Cc1ccc(N2CC(C(=O)NC3CCC34CCOCC4)CC2=O)cc1C. The summed E-state index contributed by atoms with van der Waals surface area (Å²) in [5, 5.41) is 3.26. The molecule has 140 valence electrons. The van der Waals surface area contributed by atoms with Gasteiger partial charge in [-0.2, -0.15) is 0 Å². The number of aryl methyl sites for hydroxylation is 2. The van der Waals surface area contributed by atoms with Crippen LogP contribution in [-0.2, 0) is 14.3 Å². The first-order valence-electron chi connectivity index (χ1n) is 9.74. The molecule has 0 bridgehead atoms. The standard InChI is InChI=1S/C21H28N2O3/c1-14-3-4-17(11-15(14)2)23-13-16(12-19(23)24)20(25)22-18-5-6-21(18)7-9-26-10-8-21/h3-4,11,16,18H,5-10,12-13H2,1-2H3,(H,22,25). The van der Waals surface area contributed by atoms with Gasteiger partial charge in [-0.25, -0.2) is 0 Å². The molecular weight excluding hydrogens is 328 g/mol. The summed E-state index contributed by atoms with van der Waals surface area (Å²) in [7, 11) is 0. The molecule has 3 aliphatic rings. The van der Waals surface area contributed by atoms with E-state index in [1.165, 1.54) is 17.5 Å². The lowest BCUT2D eigenvalue weighted by atomic mass is 9.60. The van der Waals surface area contributed by atoms with Crippen molar-refractivity contribution >= 4 is 17.5 Å². The highest BCUT2D eigenvalue weighted by Crippen LogP contribution is 2.48. The zero-order chi connectivity index (χ0) is 18.3. The van der Waals surface area contributed by atoms with Crippen molar-refractivity contribution in [3.05, 3.63) is 29.3 Å². The molecule has 3 fully saturated rings. The third kappa shape index (κ3) is 3.02. The van der Waals surface area contributed by atoms with Crippen LogP contribution in [0.3, 0.4) is 0 Å². The molecule has 1 N–H and O–H groups in total. The fraction of sp³-hybridized carbons (Fsp3) is 0.619. The number of rotatable bonds is 3. The van der Waals surface area contributed by atoms with Crippen LogP contribution < -0.4 is 10.2 Å². The minimum Gasteiger partial charge on any atom is -0.381 e. The normalized spacial score (nSPS) is 27.5. The fourth-order valence-corrected chi connectivity index (χ4v) is 4.61. The van der Waals surface area contributed by atoms with Crippen LogP contribution in [0, 0.1) is 25.2 Å². The molecule has 1 aliphatic carbocycles. The van der Waals surface area contributed by atoms with E-state index in [1.807, 2.05) is 25.1 Å². The zero-order valence-electron chi connectivity index (χ0n) is 15.7. The molecular formula is C21H28N2O3. The van der Waals surface area contributed by atoms with Gasteiger partial charge in [-0.1, -0.05) is 6.07 Å². The quantitative estimate of drug-likeness (QED) is 0.906. The molecule has 2 heterocycles. The molecule has 0 radical (unpaired) electrons. The molecule has 2 aliphatic heterocycles. The van der Waals surface area contributed by atoms with Gasteiger partial charge in [0.05, 0.1) is 5.92 Å². The number of hydrogen-bond donors (Lipinski definition) is 1. The van der Waals surface area contributed by atoms with Gasteiger partial charge in [0.2, 0.25) is 11.8 Å². The topological polar surface area (TPSA) is 58.6 Å². The van der Waals surface area contributed by atoms with E-state index < -0.39 is 0 Å². The minimum absolute atomic E-state index is 0.0419. The average Bonchev–Trinajstić information content (AvgIpc) is 3.03. The van der Waals surface area contributed by atoms with Crippen LogP contribution >= 0.6 is 0 Å². The van der Waals surface area contributed by atoms with E-state index >= 15 is 0 Å². The second-order valence-electron chi connectivity index (χ2n) is 8.25. The highest BCUT2D eigenvalue weighted by molar-refractivity contribution is 6.00. The predicted octanol–water partition coefficient (Wildman–Crippen LogP) is 2.73. The van der Waals surface area contributed by atoms with E-state index in [2.05, 4.69) is 12.2 Å². The second-order valence-corrected chi connectivity index (χ2v) is 8.25. The third-order valence-corrected chi connectivity index (χ3v) is 6.77. The maximum absolute atomic E-state index is 12.8. The summed E-state index contributed by atoms with van der Waals surface area (Å²) in [6.45, 7) is 6.19. The van der Waals surface area contributed by atoms with Gasteiger partial charge < -0.3 is 15.0 Å². The van der Waals surface area contributed by atoms with Crippen molar-refractivity contribution in [1.82, 2.24) is 5.32 Å². The van der Waals surface area contributed by atoms with Crippen molar-refractivity contribution in [2.45, 2.75) is 52.0 Å². The second kappa shape index (κ2) is 6.69. The molecule has 2 amide bonds. The first kappa shape index (κ1) is 17.5. The molecule has 1 spiro atoms. The Kier molecular flexibility index (Phi) is 4.51. The maximum Gasteiger partial charge on any atom is 0.227 e. The van der Waals surface area contributed by atoms with Crippen LogP contribution in [0.4, 0.5) is 5.69 Å². The number of nitrogens with one attached hydrogen (secondary N) is 1. The largest absolute Gasteiger partial charge is 0.381 e. The van der Waals surface area contributed by atoms with Gasteiger partial charge in [-0.15, -0.1) is 0 Å². The molecule has 4 rings (SSSR count). The Morgan fingerprint density at radius 3 is 2.62 bits per heavy atom. The Bertz CT molecular complexity index is 724. The Morgan fingerprint density at radius 1 is 1.19 bits per heavy atom. The van der Waals surface area contributed by atoms with Crippen molar-refractivity contribution in [3.8, 4) is 0 Å². The Labute approximate surface area is 155 Å². The highest BCUT2D eigenvalue weighted by Gasteiger charge is 2.49. The van der Waals surface area contributed by atoms with Crippen LogP contribution in [0.2, 0.25) is 0 Å². The van der Waals surface area contributed by atoms with Crippen LogP contribution in [0.15, 0.2) is 18.2 Å². The monoisotopic (exact) mass is 356 g/mol. The summed E-state index contributed by atoms with van der Waals surface area (Å²) < 4.78 is 5.48. The van der Waals surface area contributed by atoms with Crippen LogP contribution in [-0.4, -0.2) is 37.6 Å². The molecule has 2 atom stereocenters. The summed E-state index contributed by atoms with van der Waals surface area (Å²) in [6.07, 6.45) is 4.61. The molecule has 1 aromatic carbocycles. The number of ether oxygens (including phenoxy) is 1. The Morgan fingerprint density at radius 2 is 1.96 bits per heavy atom. The van der Waals surface area contributed by atoms with Gasteiger partial charge in [0, 0.05) is 37.9 Å². The van der Waals surface area contributed by atoms with Gasteiger partial charge >= 0.3 is 0 Å². The van der Waals surface area contributed by atoms with E-state index in [1.54, 1.807) is 4.90 Å². The van der Waals surface area contributed by atoms with Gasteiger partial charge in [0.15, 0.2) is 0 Å². The average molecular weight is 356 g/mol.